The van der Waals surface area contributed by atoms with E-state index < -0.39 is 0 Å². The summed E-state index contributed by atoms with van der Waals surface area (Å²) >= 11 is 0. The van der Waals surface area contributed by atoms with Gasteiger partial charge in [0, 0.05) is 5.56 Å². The topological polar surface area (TPSA) is 34.4 Å². The van der Waals surface area contributed by atoms with Crippen molar-refractivity contribution >= 4 is 0 Å². The number of hydrogen-bond acceptors (Lipinski definition) is 3. The van der Waals surface area contributed by atoms with Crippen molar-refractivity contribution in [1.82, 2.24) is 5.32 Å². The summed E-state index contributed by atoms with van der Waals surface area (Å²) in [6, 6.07) is 6.43. The molecule has 0 aliphatic rings. The minimum Gasteiger partial charge on any atom is -0.496 e. The summed E-state index contributed by atoms with van der Waals surface area (Å²) < 4.78 is 11.1. The SMILES string of the molecule is CNC(c1ccc(OC)c(C)c1)c1c(C)oc(C)c1C. The average Bonchev–Trinajstić information content (AvgIpc) is 2.66. The van der Waals surface area contributed by atoms with Gasteiger partial charge in [-0.3, -0.25) is 0 Å². The van der Waals surface area contributed by atoms with Crippen LogP contribution in [0.2, 0.25) is 0 Å². The van der Waals surface area contributed by atoms with Crippen molar-refractivity contribution in [2.24, 2.45) is 0 Å². The van der Waals surface area contributed by atoms with Gasteiger partial charge in [-0.25, -0.2) is 0 Å². The molecule has 1 unspecified atom stereocenters. The summed E-state index contributed by atoms with van der Waals surface area (Å²) in [6.45, 7) is 8.21. The van der Waals surface area contributed by atoms with Crippen molar-refractivity contribution in [3.8, 4) is 5.75 Å². The first-order valence-corrected chi connectivity index (χ1v) is 6.87. The molecule has 1 aromatic heterocycles. The molecule has 3 nitrogen and oxygen atoms in total. The number of benzene rings is 1. The maximum absolute atomic E-state index is 5.76. The van der Waals surface area contributed by atoms with Gasteiger partial charge in [-0.05, 0) is 57.5 Å². The molecule has 1 heterocycles. The maximum Gasteiger partial charge on any atom is 0.121 e. The molecule has 1 aromatic carbocycles. The van der Waals surface area contributed by atoms with Gasteiger partial charge in [0.25, 0.3) is 0 Å². The van der Waals surface area contributed by atoms with E-state index in [9.17, 15) is 0 Å². The maximum atomic E-state index is 5.76. The van der Waals surface area contributed by atoms with E-state index in [2.05, 4.69) is 31.3 Å². The number of aryl methyl sites for hydroxylation is 3. The predicted octanol–water partition coefficient (Wildman–Crippen LogP) is 3.83. The van der Waals surface area contributed by atoms with E-state index in [1.54, 1.807) is 7.11 Å². The third kappa shape index (κ3) is 2.46. The molecular formula is C17H23NO2. The van der Waals surface area contributed by atoms with Crippen LogP contribution in [0.5, 0.6) is 5.75 Å². The van der Waals surface area contributed by atoms with Gasteiger partial charge in [0.05, 0.1) is 13.2 Å². The van der Waals surface area contributed by atoms with E-state index in [4.69, 9.17) is 9.15 Å². The van der Waals surface area contributed by atoms with Crippen LogP contribution in [0, 0.1) is 27.7 Å². The summed E-state index contributed by atoms with van der Waals surface area (Å²) in [5, 5.41) is 3.39. The molecule has 3 heteroatoms. The lowest BCUT2D eigenvalue weighted by Gasteiger charge is -2.19. The van der Waals surface area contributed by atoms with Crippen LogP contribution in [0.15, 0.2) is 22.6 Å². The van der Waals surface area contributed by atoms with E-state index in [1.165, 1.54) is 16.7 Å². The molecule has 2 aromatic rings. The molecule has 0 amide bonds. The summed E-state index contributed by atoms with van der Waals surface area (Å²) in [4.78, 5) is 0. The third-order valence-electron chi connectivity index (χ3n) is 3.95. The number of nitrogens with one attached hydrogen (secondary N) is 1. The zero-order valence-corrected chi connectivity index (χ0v) is 13.1. The van der Waals surface area contributed by atoms with Crippen LogP contribution in [0.25, 0.3) is 0 Å². The molecule has 0 bridgehead atoms. The van der Waals surface area contributed by atoms with E-state index in [0.29, 0.717) is 0 Å². The van der Waals surface area contributed by atoms with Crippen molar-refractivity contribution in [1.29, 1.82) is 0 Å². The fourth-order valence-electron chi connectivity index (χ4n) is 2.79. The highest BCUT2D eigenvalue weighted by atomic mass is 16.5. The molecule has 2 rings (SSSR count). The number of hydrogen-bond donors (Lipinski definition) is 1. The van der Waals surface area contributed by atoms with Crippen molar-refractivity contribution in [2.45, 2.75) is 33.7 Å². The number of furan rings is 1. The number of methoxy groups -OCH3 is 1. The molecular weight excluding hydrogens is 250 g/mol. The molecule has 0 aliphatic heterocycles. The second-order valence-corrected chi connectivity index (χ2v) is 5.20. The number of ether oxygens (including phenoxy) is 1. The molecule has 0 fully saturated rings. The lowest BCUT2D eigenvalue weighted by molar-refractivity contribution is 0.411. The molecule has 1 N–H and O–H groups in total. The zero-order chi connectivity index (χ0) is 14.9. The van der Waals surface area contributed by atoms with E-state index >= 15 is 0 Å². The molecule has 0 aliphatic carbocycles. The minimum absolute atomic E-state index is 0.136. The Labute approximate surface area is 121 Å². The van der Waals surface area contributed by atoms with Crippen LogP contribution >= 0.6 is 0 Å². The smallest absolute Gasteiger partial charge is 0.121 e. The van der Waals surface area contributed by atoms with E-state index in [0.717, 1.165) is 22.8 Å². The van der Waals surface area contributed by atoms with E-state index in [-0.39, 0.29) is 6.04 Å². The van der Waals surface area contributed by atoms with Gasteiger partial charge in [-0.15, -0.1) is 0 Å². The van der Waals surface area contributed by atoms with Gasteiger partial charge in [0.1, 0.15) is 17.3 Å². The van der Waals surface area contributed by atoms with Crippen molar-refractivity contribution in [3.63, 3.8) is 0 Å². The highest BCUT2D eigenvalue weighted by molar-refractivity contribution is 5.44. The van der Waals surface area contributed by atoms with Crippen molar-refractivity contribution < 1.29 is 9.15 Å². The zero-order valence-electron chi connectivity index (χ0n) is 13.1. The molecule has 0 spiro atoms. The lowest BCUT2D eigenvalue weighted by Crippen LogP contribution is -2.19. The van der Waals surface area contributed by atoms with Gasteiger partial charge < -0.3 is 14.5 Å². The van der Waals surface area contributed by atoms with Gasteiger partial charge in [0.2, 0.25) is 0 Å². The first kappa shape index (κ1) is 14.7. The van der Waals surface area contributed by atoms with Crippen LogP contribution in [0.3, 0.4) is 0 Å². The molecule has 20 heavy (non-hydrogen) atoms. The lowest BCUT2D eigenvalue weighted by atomic mass is 9.94. The van der Waals surface area contributed by atoms with Crippen LogP contribution in [-0.4, -0.2) is 14.2 Å². The summed E-state index contributed by atoms with van der Waals surface area (Å²) in [5.41, 5.74) is 4.81. The van der Waals surface area contributed by atoms with Crippen LogP contribution < -0.4 is 10.1 Å². The molecule has 1 atom stereocenters. The first-order valence-electron chi connectivity index (χ1n) is 6.87. The molecule has 108 valence electrons. The second kappa shape index (κ2) is 5.71. The van der Waals surface area contributed by atoms with Crippen molar-refractivity contribution in [2.75, 3.05) is 14.2 Å². The Morgan fingerprint density at radius 2 is 1.80 bits per heavy atom. The summed E-state index contributed by atoms with van der Waals surface area (Å²) in [5.74, 6) is 2.89. The Hall–Kier alpha value is -1.74. The Kier molecular flexibility index (Phi) is 4.19. The Morgan fingerprint density at radius 3 is 2.25 bits per heavy atom. The standard InChI is InChI=1S/C17H23NO2/c1-10-9-14(7-8-15(10)19-6)17(18-5)16-11(2)12(3)20-13(16)4/h7-9,17-18H,1-6H3. The molecule has 0 saturated heterocycles. The fraction of sp³-hybridized carbons (Fsp3) is 0.412. The van der Waals surface area contributed by atoms with Crippen LogP contribution in [0.4, 0.5) is 0 Å². The Bertz CT molecular complexity index is 614. The second-order valence-electron chi connectivity index (χ2n) is 5.20. The van der Waals surface area contributed by atoms with Gasteiger partial charge in [-0.2, -0.15) is 0 Å². The van der Waals surface area contributed by atoms with Crippen LogP contribution in [0.1, 0.15) is 39.8 Å². The predicted molar refractivity (Wildman–Crippen MR) is 81.6 cm³/mol. The fourth-order valence-corrected chi connectivity index (χ4v) is 2.79. The monoisotopic (exact) mass is 273 g/mol. The molecule has 0 saturated carbocycles. The van der Waals surface area contributed by atoms with Gasteiger partial charge >= 0.3 is 0 Å². The van der Waals surface area contributed by atoms with E-state index in [1.807, 2.05) is 27.0 Å². The summed E-state index contributed by atoms with van der Waals surface area (Å²) in [7, 11) is 3.68. The number of rotatable bonds is 4. The van der Waals surface area contributed by atoms with Gasteiger partial charge in [0.15, 0.2) is 0 Å². The minimum atomic E-state index is 0.136. The Morgan fingerprint density at radius 1 is 1.10 bits per heavy atom. The first-order chi connectivity index (χ1) is 9.49. The quantitative estimate of drug-likeness (QED) is 0.919. The largest absolute Gasteiger partial charge is 0.496 e. The average molecular weight is 273 g/mol. The Balaban J connectivity index is 2.50. The highest BCUT2D eigenvalue weighted by Gasteiger charge is 2.21. The highest BCUT2D eigenvalue weighted by Crippen LogP contribution is 2.32. The van der Waals surface area contributed by atoms with Gasteiger partial charge in [-0.1, -0.05) is 12.1 Å². The normalized spacial score (nSPS) is 12.5. The van der Waals surface area contributed by atoms with Crippen molar-refractivity contribution in [3.05, 3.63) is 52.0 Å². The van der Waals surface area contributed by atoms with Crippen LogP contribution in [-0.2, 0) is 0 Å². The third-order valence-corrected chi connectivity index (χ3v) is 3.95. The summed E-state index contributed by atoms with van der Waals surface area (Å²) in [6.07, 6.45) is 0. The molecule has 0 radical (unpaired) electrons.